The summed E-state index contributed by atoms with van der Waals surface area (Å²) in [7, 11) is 0. The molecule has 0 bridgehead atoms. The Labute approximate surface area is 188 Å². The summed E-state index contributed by atoms with van der Waals surface area (Å²) in [6.07, 6.45) is 10.2. The predicted molar refractivity (Wildman–Crippen MR) is 134 cm³/mol. The quantitative estimate of drug-likeness (QED) is 0.445. The van der Waals surface area contributed by atoms with Crippen molar-refractivity contribution in [1.29, 1.82) is 0 Å². The summed E-state index contributed by atoms with van der Waals surface area (Å²) >= 11 is 0. The van der Waals surface area contributed by atoms with Gasteiger partial charge in [0.15, 0.2) is 0 Å². The smallest absolute Gasteiger partial charge is 0.128 e. The van der Waals surface area contributed by atoms with Gasteiger partial charge in [0.2, 0.25) is 0 Å². The first kappa shape index (κ1) is 30.4. The molecule has 0 radical (unpaired) electrons. The highest BCUT2D eigenvalue weighted by Crippen LogP contribution is 2.10. The van der Waals surface area contributed by atoms with Gasteiger partial charge in [-0.15, -0.1) is 0 Å². The van der Waals surface area contributed by atoms with Crippen molar-refractivity contribution in [3.05, 3.63) is 53.4 Å². The van der Waals surface area contributed by atoms with Crippen LogP contribution < -0.4 is 0 Å². The van der Waals surface area contributed by atoms with Crippen LogP contribution in [-0.2, 0) is 25.7 Å². The lowest BCUT2D eigenvalue weighted by Crippen LogP contribution is -2.02. The molecule has 0 fully saturated rings. The van der Waals surface area contributed by atoms with Gasteiger partial charge >= 0.3 is 0 Å². The highest BCUT2D eigenvalue weighted by molar-refractivity contribution is 5.14. The molecule has 2 heterocycles. The highest BCUT2D eigenvalue weighted by Gasteiger charge is 2.03. The fourth-order valence-electron chi connectivity index (χ4n) is 3.02. The van der Waals surface area contributed by atoms with E-state index in [2.05, 4.69) is 82.5 Å². The third-order valence-corrected chi connectivity index (χ3v) is 4.14. The molecule has 0 saturated heterocycles. The average Bonchev–Trinajstić information content (AvgIpc) is 2.57. The fraction of sp³-hybridized carbons (Fsp3) is 0.667. The van der Waals surface area contributed by atoms with Crippen molar-refractivity contribution in [2.24, 2.45) is 23.7 Å². The number of hydrogen-bond donors (Lipinski definition) is 0. The van der Waals surface area contributed by atoms with Gasteiger partial charge in [-0.2, -0.15) is 0 Å². The summed E-state index contributed by atoms with van der Waals surface area (Å²) in [5, 5.41) is 0. The van der Waals surface area contributed by atoms with Gasteiger partial charge in [0.05, 0.1) is 0 Å². The van der Waals surface area contributed by atoms with E-state index in [0.717, 1.165) is 31.5 Å². The second-order valence-electron chi connectivity index (χ2n) is 9.56. The largest absolute Gasteiger partial charge is 0.261 e. The molecule has 2 rings (SSSR count). The van der Waals surface area contributed by atoms with Crippen molar-refractivity contribution in [1.82, 2.24) is 15.0 Å². The molecular formula is C27H49N3. The van der Waals surface area contributed by atoms with Crippen molar-refractivity contribution in [2.75, 3.05) is 0 Å². The van der Waals surface area contributed by atoms with E-state index in [1.807, 2.05) is 18.6 Å². The first-order valence-electron chi connectivity index (χ1n) is 10.9. The van der Waals surface area contributed by atoms with Crippen LogP contribution in [0.5, 0.6) is 0 Å². The van der Waals surface area contributed by atoms with Crippen molar-refractivity contribution in [2.45, 2.75) is 95.9 Å². The van der Waals surface area contributed by atoms with Crippen molar-refractivity contribution in [3.63, 3.8) is 0 Å². The van der Waals surface area contributed by atoms with Crippen LogP contribution in [0.2, 0.25) is 0 Å². The minimum Gasteiger partial charge on any atom is -0.261 e. The Bertz CT molecular complexity index is 523. The summed E-state index contributed by atoms with van der Waals surface area (Å²) in [5.74, 6) is 3.68. The number of rotatable bonds is 8. The maximum Gasteiger partial charge on any atom is 0.128 e. The first-order chi connectivity index (χ1) is 13.2. The topological polar surface area (TPSA) is 38.7 Å². The van der Waals surface area contributed by atoms with Crippen LogP contribution in [0.4, 0.5) is 0 Å². The molecule has 0 aromatic carbocycles. The molecule has 0 saturated carbocycles. The molecule has 0 aliphatic heterocycles. The fourth-order valence-corrected chi connectivity index (χ4v) is 3.02. The average molecular weight is 416 g/mol. The van der Waals surface area contributed by atoms with E-state index in [0.29, 0.717) is 23.7 Å². The maximum atomic E-state index is 4.47. The van der Waals surface area contributed by atoms with E-state index in [1.54, 1.807) is 0 Å². The summed E-state index contributed by atoms with van der Waals surface area (Å²) in [5.41, 5.74) is 3.81. The van der Waals surface area contributed by atoms with Crippen LogP contribution in [0.15, 0.2) is 30.7 Å². The van der Waals surface area contributed by atoms with E-state index in [-0.39, 0.29) is 14.9 Å². The third kappa shape index (κ3) is 14.3. The van der Waals surface area contributed by atoms with Gasteiger partial charge in [-0.05, 0) is 60.1 Å². The number of nitrogens with zero attached hydrogens (tertiary/aromatic N) is 3. The Morgan fingerprint density at radius 3 is 1.37 bits per heavy atom. The second kappa shape index (κ2) is 16.0. The van der Waals surface area contributed by atoms with Gasteiger partial charge in [0, 0.05) is 30.7 Å². The van der Waals surface area contributed by atoms with Gasteiger partial charge in [0.25, 0.3) is 0 Å². The van der Waals surface area contributed by atoms with E-state index >= 15 is 0 Å². The van der Waals surface area contributed by atoms with Crippen LogP contribution in [0.1, 0.15) is 92.9 Å². The molecule has 3 heteroatoms. The van der Waals surface area contributed by atoms with Gasteiger partial charge < -0.3 is 0 Å². The molecule has 3 nitrogen and oxygen atoms in total. The van der Waals surface area contributed by atoms with Crippen molar-refractivity contribution < 1.29 is 0 Å². The molecule has 0 N–H and O–H groups in total. The van der Waals surface area contributed by atoms with Crippen LogP contribution in [0.25, 0.3) is 0 Å². The minimum atomic E-state index is 0. The molecule has 172 valence electrons. The number of pyridine rings is 1. The maximum absolute atomic E-state index is 4.47. The van der Waals surface area contributed by atoms with Crippen molar-refractivity contribution >= 4 is 0 Å². The lowest BCUT2D eigenvalue weighted by Gasteiger charge is -2.07. The van der Waals surface area contributed by atoms with E-state index in [1.165, 1.54) is 16.8 Å². The summed E-state index contributed by atoms with van der Waals surface area (Å²) in [4.78, 5) is 13.2. The molecule has 0 unspecified atom stereocenters. The Hall–Kier alpha value is -1.77. The standard InChI is InChI=1S/C13H21N.C12H20N2.2CH4/c1-10(2)7-12-5-6-13(14-9-12)8-11(3)4;1-9(2)5-11-7-13-12(14-8-11)6-10(3)4;;/h5-6,9-11H,7-8H2,1-4H3;7-10H,5-6H2,1-4H3;2*1H4. The SMILES string of the molecule is C.C.CC(C)Cc1ccc(CC(C)C)nc1.CC(C)Cc1cnc(CC(C)C)nc1. The molecule has 0 aliphatic carbocycles. The predicted octanol–water partition coefficient (Wildman–Crippen LogP) is 7.62. The number of hydrogen-bond acceptors (Lipinski definition) is 3. The highest BCUT2D eigenvalue weighted by atomic mass is 14.9. The van der Waals surface area contributed by atoms with Gasteiger partial charge in [-0.1, -0.05) is 76.3 Å². The Kier molecular flexibility index (Phi) is 16.2. The van der Waals surface area contributed by atoms with E-state index in [9.17, 15) is 0 Å². The zero-order valence-corrected chi connectivity index (χ0v) is 19.4. The Morgan fingerprint density at radius 2 is 0.967 bits per heavy atom. The second-order valence-corrected chi connectivity index (χ2v) is 9.56. The van der Waals surface area contributed by atoms with Crippen molar-refractivity contribution in [3.8, 4) is 0 Å². The van der Waals surface area contributed by atoms with Gasteiger partial charge in [-0.25, -0.2) is 9.97 Å². The molecule has 0 aliphatic rings. The van der Waals surface area contributed by atoms with Gasteiger partial charge in [0.1, 0.15) is 5.82 Å². The molecular weight excluding hydrogens is 366 g/mol. The molecule has 2 aromatic heterocycles. The van der Waals surface area contributed by atoms with Crippen LogP contribution in [0, 0.1) is 23.7 Å². The summed E-state index contributed by atoms with van der Waals surface area (Å²) in [6.45, 7) is 17.7. The molecule has 30 heavy (non-hydrogen) atoms. The Balaban J connectivity index is 0. The van der Waals surface area contributed by atoms with E-state index in [4.69, 9.17) is 0 Å². The summed E-state index contributed by atoms with van der Waals surface area (Å²) < 4.78 is 0. The minimum absolute atomic E-state index is 0. The third-order valence-electron chi connectivity index (χ3n) is 4.14. The first-order valence-corrected chi connectivity index (χ1v) is 10.9. The lowest BCUT2D eigenvalue weighted by molar-refractivity contribution is 0.612. The molecule has 2 aromatic rings. The lowest BCUT2D eigenvalue weighted by atomic mass is 10.0. The van der Waals surface area contributed by atoms with Crippen LogP contribution >= 0.6 is 0 Å². The van der Waals surface area contributed by atoms with E-state index < -0.39 is 0 Å². The Morgan fingerprint density at radius 1 is 0.533 bits per heavy atom. The summed E-state index contributed by atoms with van der Waals surface area (Å²) in [6, 6.07) is 4.38. The molecule has 0 atom stereocenters. The monoisotopic (exact) mass is 415 g/mol. The normalized spacial score (nSPS) is 10.5. The zero-order valence-electron chi connectivity index (χ0n) is 19.4. The molecule has 0 spiro atoms. The zero-order chi connectivity index (χ0) is 21.1. The van der Waals surface area contributed by atoms with Gasteiger partial charge in [-0.3, -0.25) is 4.98 Å². The van der Waals surface area contributed by atoms with Crippen LogP contribution in [0.3, 0.4) is 0 Å². The number of aromatic nitrogens is 3. The van der Waals surface area contributed by atoms with Crippen LogP contribution in [-0.4, -0.2) is 15.0 Å². The molecule has 0 amide bonds.